The van der Waals surface area contributed by atoms with Gasteiger partial charge in [-0.1, -0.05) is 42.5 Å². The Balaban J connectivity index is 1.12. The summed E-state index contributed by atoms with van der Waals surface area (Å²) in [7, 11) is 2.12. The molecule has 0 saturated heterocycles. The molecular formula is C40H33N7O. The summed E-state index contributed by atoms with van der Waals surface area (Å²) in [6, 6.07) is 33.4. The van der Waals surface area contributed by atoms with Crippen molar-refractivity contribution < 1.29 is 5.11 Å². The second kappa shape index (κ2) is 12.2. The number of nitrogens with one attached hydrogen (secondary N) is 2. The zero-order chi connectivity index (χ0) is 32.6. The minimum atomic E-state index is -0.0200. The van der Waals surface area contributed by atoms with E-state index < -0.39 is 0 Å². The van der Waals surface area contributed by atoms with Gasteiger partial charge in [0.25, 0.3) is 0 Å². The number of H-pyrrole nitrogens is 2. The molecule has 0 aliphatic rings. The van der Waals surface area contributed by atoms with Crippen molar-refractivity contribution in [2.24, 2.45) is 0 Å². The lowest BCUT2D eigenvalue weighted by Gasteiger charge is -2.23. The Morgan fingerprint density at radius 3 is 2.04 bits per heavy atom. The summed E-state index contributed by atoms with van der Waals surface area (Å²) in [6.07, 6.45) is 7.50. The maximum absolute atomic E-state index is 9.80. The van der Waals surface area contributed by atoms with Crippen LogP contribution in [0, 0.1) is 6.92 Å². The third-order valence-electron chi connectivity index (χ3n) is 8.94. The van der Waals surface area contributed by atoms with Crippen molar-refractivity contribution in [3.8, 4) is 44.8 Å². The van der Waals surface area contributed by atoms with Gasteiger partial charge in [-0.2, -0.15) is 10.2 Å². The van der Waals surface area contributed by atoms with Crippen molar-refractivity contribution in [3.05, 3.63) is 139 Å². The van der Waals surface area contributed by atoms with Crippen LogP contribution in [0.1, 0.15) is 16.7 Å². The maximum atomic E-state index is 9.80. The lowest BCUT2D eigenvalue weighted by molar-refractivity contribution is 0.282. The van der Waals surface area contributed by atoms with Crippen LogP contribution in [0.5, 0.6) is 0 Å². The molecule has 0 unspecified atom stereocenters. The molecule has 48 heavy (non-hydrogen) atoms. The van der Waals surface area contributed by atoms with Crippen molar-refractivity contribution in [1.29, 1.82) is 0 Å². The highest BCUT2D eigenvalue weighted by Crippen LogP contribution is 2.36. The summed E-state index contributed by atoms with van der Waals surface area (Å²) < 4.78 is 0. The molecule has 8 nitrogen and oxygen atoms in total. The molecule has 0 saturated carbocycles. The van der Waals surface area contributed by atoms with Gasteiger partial charge in [-0.05, 0) is 89.3 Å². The van der Waals surface area contributed by atoms with Gasteiger partial charge in [0, 0.05) is 64.7 Å². The van der Waals surface area contributed by atoms with Crippen LogP contribution in [0.4, 0.5) is 5.69 Å². The highest BCUT2D eigenvalue weighted by atomic mass is 16.3. The zero-order valence-corrected chi connectivity index (χ0v) is 26.6. The Morgan fingerprint density at radius 1 is 0.625 bits per heavy atom. The van der Waals surface area contributed by atoms with Crippen LogP contribution >= 0.6 is 0 Å². The number of hydrogen-bond donors (Lipinski definition) is 3. The number of nitrogens with zero attached hydrogens (tertiary/aromatic N) is 5. The number of anilines is 1. The standard InChI is InChI=1S/C40H33N7O/c1-25-15-31(39-34(7-4-14-41-39)28-8-11-36-32(18-28)21-43-45-36)10-13-38(25)47(2)23-27-17-35(29-9-12-37-33(19-29)22-44-46-37)40(42-20-27)30-6-3-5-26(16-30)24-48/h3-22,48H,23-24H2,1-2H3,(H,43,45)(H,44,46). The van der Waals surface area contributed by atoms with E-state index in [4.69, 9.17) is 9.97 Å². The fourth-order valence-corrected chi connectivity index (χ4v) is 6.54. The Kier molecular flexibility index (Phi) is 7.47. The molecule has 4 aromatic carbocycles. The van der Waals surface area contributed by atoms with E-state index in [0.29, 0.717) is 6.54 Å². The smallest absolute Gasteiger partial charge is 0.0780 e. The topological polar surface area (TPSA) is 107 Å². The van der Waals surface area contributed by atoms with Crippen molar-refractivity contribution in [2.75, 3.05) is 11.9 Å². The Morgan fingerprint density at radius 2 is 1.31 bits per heavy atom. The number of aromatic nitrogens is 6. The number of aliphatic hydroxyl groups excluding tert-OH is 1. The molecule has 0 aliphatic heterocycles. The van der Waals surface area contributed by atoms with E-state index in [1.165, 1.54) is 0 Å². The van der Waals surface area contributed by atoms with E-state index in [-0.39, 0.29) is 6.61 Å². The predicted octanol–water partition coefficient (Wildman–Crippen LogP) is 8.33. The summed E-state index contributed by atoms with van der Waals surface area (Å²) in [5.74, 6) is 0. The summed E-state index contributed by atoms with van der Waals surface area (Å²) in [4.78, 5) is 12.1. The molecule has 8 heteroatoms. The fraction of sp³-hybridized carbons (Fsp3) is 0.100. The average Bonchev–Trinajstić information content (AvgIpc) is 3.80. The number of aliphatic hydroxyl groups is 1. The van der Waals surface area contributed by atoms with Gasteiger partial charge in [-0.3, -0.25) is 20.2 Å². The van der Waals surface area contributed by atoms with Gasteiger partial charge < -0.3 is 10.0 Å². The van der Waals surface area contributed by atoms with E-state index >= 15 is 0 Å². The average molecular weight is 628 g/mol. The van der Waals surface area contributed by atoms with E-state index in [0.717, 1.165) is 89.0 Å². The van der Waals surface area contributed by atoms with Gasteiger partial charge in [0.15, 0.2) is 0 Å². The number of fused-ring (bicyclic) bond motifs is 2. The van der Waals surface area contributed by atoms with E-state index in [1.54, 1.807) is 0 Å². The first-order valence-corrected chi connectivity index (χ1v) is 15.9. The van der Waals surface area contributed by atoms with Crippen LogP contribution in [-0.4, -0.2) is 42.5 Å². The quantitative estimate of drug-likeness (QED) is 0.156. The molecule has 0 spiro atoms. The third-order valence-corrected chi connectivity index (χ3v) is 8.94. The van der Waals surface area contributed by atoms with Crippen molar-refractivity contribution in [3.63, 3.8) is 0 Å². The normalized spacial score (nSPS) is 11.4. The van der Waals surface area contributed by atoms with Crippen LogP contribution < -0.4 is 4.90 Å². The molecule has 8 rings (SSSR count). The molecule has 4 aromatic heterocycles. The van der Waals surface area contributed by atoms with Gasteiger partial charge >= 0.3 is 0 Å². The Labute approximate surface area is 277 Å². The minimum Gasteiger partial charge on any atom is -0.392 e. The number of pyridine rings is 2. The van der Waals surface area contributed by atoms with Crippen molar-refractivity contribution >= 4 is 27.5 Å². The van der Waals surface area contributed by atoms with Gasteiger partial charge in [0.2, 0.25) is 0 Å². The Bertz CT molecular complexity index is 2430. The van der Waals surface area contributed by atoms with Crippen LogP contribution in [0.2, 0.25) is 0 Å². The number of benzene rings is 4. The van der Waals surface area contributed by atoms with Gasteiger partial charge in [-0.25, -0.2) is 0 Å². The molecule has 0 aliphatic carbocycles. The van der Waals surface area contributed by atoms with E-state index in [9.17, 15) is 5.11 Å². The summed E-state index contributed by atoms with van der Waals surface area (Å²) in [5, 5.41) is 26.4. The summed E-state index contributed by atoms with van der Waals surface area (Å²) >= 11 is 0. The molecule has 0 bridgehead atoms. The van der Waals surface area contributed by atoms with Crippen molar-refractivity contribution in [2.45, 2.75) is 20.1 Å². The number of aromatic amines is 2. The molecule has 0 atom stereocenters. The second-order valence-electron chi connectivity index (χ2n) is 12.2. The van der Waals surface area contributed by atoms with Gasteiger partial charge in [0.1, 0.15) is 0 Å². The monoisotopic (exact) mass is 627 g/mol. The third kappa shape index (κ3) is 5.48. The maximum Gasteiger partial charge on any atom is 0.0780 e. The molecule has 234 valence electrons. The molecule has 0 radical (unpaired) electrons. The molecule has 0 amide bonds. The molecule has 0 fully saturated rings. The second-order valence-corrected chi connectivity index (χ2v) is 12.2. The molecule has 8 aromatic rings. The molecular weight excluding hydrogens is 594 g/mol. The molecule has 3 N–H and O–H groups in total. The number of hydrogen-bond acceptors (Lipinski definition) is 6. The SMILES string of the molecule is Cc1cc(-c2ncccc2-c2ccc3[nH]ncc3c2)ccc1N(C)Cc1cnc(-c2cccc(CO)c2)c(-c2ccc3[nH]ncc3c2)c1. The van der Waals surface area contributed by atoms with Crippen LogP contribution in [-0.2, 0) is 13.2 Å². The Hall–Kier alpha value is -6.12. The predicted molar refractivity (Wildman–Crippen MR) is 192 cm³/mol. The van der Waals surface area contributed by atoms with Crippen LogP contribution in [0.25, 0.3) is 66.6 Å². The minimum absolute atomic E-state index is 0.0200. The molecule has 4 heterocycles. The number of rotatable bonds is 8. The zero-order valence-electron chi connectivity index (χ0n) is 26.6. The van der Waals surface area contributed by atoms with Crippen LogP contribution in [0.3, 0.4) is 0 Å². The first-order valence-electron chi connectivity index (χ1n) is 15.9. The number of aryl methyl sites for hydroxylation is 1. The first kappa shape index (κ1) is 29.3. The van der Waals surface area contributed by atoms with E-state index in [1.807, 2.05) is 55.1 Å². The lowest BCUT2D eigenvalue weighted by atomic mass is 9.96. The van der Waals surface area contributed by atoms with E-state index in [2.05, 4.69) is 106 Å². The largest absolute Gasteiger partial charge is 0.392 e. The summed E-state index contributed by atoms with van der Waals surface area (Å²) in [5.41, 5.74) is 14.4. The first-order chi connectivity index (χ1) is 23.5. The lowest BCUT2D eigenvalue weighted by Crippen LogP contribution is -2.17. The highest BCUT2D eigenvalue weighted by molar-refractivity contribution is 5.90. The summed E-state index contributed by atoms with van der Waals surface area (Å²) in [6.45, 7) is 2.80. The van der Waals surface area contributed by atoms with Gasteiger partial charge in [-0.15, -0.1) is 0 Å². The highest BCUT2D eigenvalue weighted by Gasteiger charge is 2.16. The fourth-order valence-electron chi connectivity index (χ4n) is 6.54. The van der Waals surface area contributed by atoms with Gasteiger partial charge in [0.05, 0.1) is 41.4 Å². The van der Waals surface area contributed by atoms with Crippen LogP contribution in [0.15, 0.2) is 122 Å². The van der Waals surface area contributed by atoms with Crippen molar-refractivity contribution in [1.82, 2.24) is 30.4 Å².